The number of hydrogen-bond donors (Lipinski definition) is 0. The van der Waals surface area contributed by atoms with E-state index in [4.69, 9.17) is 9.97 Å². The van der Waals surface area contributed by atoms with Gasteiger partial charge in [0.1, 0.15) is 5.69 Å². The Balaban J connectivity index is 1.23. The van der Waals surface area contributed by atoms with Crippen LogP contribution in [-0.2, 0) is 0 Å². The monoisotopic (exact) mass is 536 g/mol. The first-order valence-electron chi connectivity index (χ1n) is 14.2. The fourth-order valence-corrected chi connectivity index (χ4v) is 6.45. The Hall–Kier alpha value is -5.74. The van der Waals surface area contributed by atoms with Crippen molar-refractivity contribution in [2.75, 3.05) is 0 Å². The third-order valence-electron chi connectivity index (χ3n) is 8.31. The summed E-state index contributed by atoms with van der Waals surface area (Å²) in [6, 6.07) is 49.2. The van der Waals surface area contributed by atoms with Crippen LogP contribution in [0.4, 0.5) is 0 Å². The lowest BCUT2D eigenvalue weighted by atomic mass is 9.98. The zero-order valence-electron chi connectivity index (χ0n) is 22.6. The van der Waals surface area contributed by atoms with Gasteiger partial charge in [0.2, 0.25) is 0 Å². The van der Waals surface area contributed by atoms with E-state index in [9.17, 15) is 0 Å². The van der Waals surface area contributed by atoms with Crippen molar-refractivity contribution in [1.29, 1.82) is 0 Å². The van der Waals surface area contributed by atoms with E-state index in [1.807, 2.05) is 18.3 Å². The van der Waals surface area contributed by atoms with E-state index >= 15 is 0 Å². The molecule has 0 N–H and O–H groups in total. The number of para-hydroxylation sites is 4. The number of fused-ring (bicyclic) bond motifs is 1. The van der Waals surface area contributed by atoms with Crippen LogP contribution in [0.25, 0.3) is 77.6 Å². The van der Waals surface area contributed by atoms with Crippen LogP contribution in [-0.4, -0.2) is 19.1 Å². The highest BCUT2D eigenvalue weighted by atomic mass is 15.1. The van der Waals surface area contributed by atoms with E-state index in [1.54, 1.807) is 0 Å². The van der Waals surface area contributed by atoms with Gasteiger partial charge in [-0.25, -0.2) is 4.98 Å². The van der Waals surface area contributed by atoms with E-state index in [-0.39, 0.29) is 0 Å². The second-order valence-corrected chi connectivity index (χ2v) is 10.7. The summed E-state index contributed by atoms with van der Waals surface area (Å²) in [4.78, 5) is 9.96. The van der Waals surface area contributed by atoms with E-state index < -0.39 is 0 Å². The predicted molar refractivity (Wildman–Crippen MR) is 173 cm³/mol. The standard InChI is InChI=1S/C38H24N4/c1-3-11-29(12-4-1)41-34-17-9-10-25-18-19-26-22-28(23-35(41)37(26)36(25)34)27-20-21-32(39-24-27)38-40-31-15-7-8-16-33(31)42(38)30-13-5-2-6-14-30/h1-24H. The molecule has 42 heavy (non-hydrogen) atoms. The number of hydrogen-bond acceptors (Lipinski definition) is 2. The van der Waals surface area contributed by atoms with Crippen molar-refractivity contribution in [3.05, 3.63) is 146 Å². The Labute approximate surface area is 242 Å². The van der Waals surface area contributed by atoms with Gasteiger partial charge in [-0.05, 0) is 77.0 Å². The van der Waals surface area contributed by atoms with E-state index in [1.165, 1.54) is 32.6 Å². The number of rotatable bonds is 4. The normalized spacial score (nSPS) is 11.8. The van der Waals surface area contributed by atoms with Crippen LogP contribution >= 0.6 is 0 Å². The smallest absolute Gasteiger partial charge is 0.164 e. The maximum absolute atomic E-state index is 4.99. The highest BCUT2D eigenvalue weighted by molar-refractivity contribution is 6.25. The number of nitrogens with zero attached hydrogens (tertiary/aromatic N) is 4. The Morgan fingerprint density at radius 2 is 1.14 bits per heavy atom. The summed E-state index contributed by atoms with van der Waals surface area (Å²) in [5.41, 5.74) is 9.72. The zero-order chi connectivity index (χ0) is 27.6. The summed E-state index contributed by atoms with van der Waals surface area (Å²) < 4.78 is 4.58. The minimum absolute atomic E-state index is 0.833. The largest absolute Gasteiger partial charge is 0.309 e. The van der Waals surface area contributed by atoms with E-state index in [0.717, 1.165) is 45.1 Å². The molecule has 0 saturated heterocycles. The third-order valence-corrected chi connectivity index (χ3v) is 8.31. The Kier molecular flexibility index (Phi) is 4.87. The molecule has 9 aromatic rings. The quantitative estimate of drug-likeness (QED) is 0.210. The zero-order valence-corrected chi connectivity index (χ0v) is 22.6. The molecule has 3 aromatic heterocycles. The van der Waals surface area contributed by atoms with Gasteiger partial charge in [-0.3, -0.25) is 9.55 Å². The molecule has 0 radical (unpaired) electrons. The highest BCUT2D eigenvalue weighted by Gasteiger charge is 2.19. The molecule has 0 bridgehead atoms. The topological polar surface area (TPSA) is 35.6 Å². The third kappa shape index (κ3) is 3.36. The van der Waals surface area contributed by atoms with Gasteiger partial charge in [0.05, 0.1) is 22.1 Å². The predicted octanol–water partition coefficient (Wildman–Crippen LogP) is 9.44. The van der Waals surface area contributed by atoms with E-state index in [0.29, 0.717) is 0 Å². The number of benzene rings is 6. The van der Waals surface area contributed by atoms with Crippen LogP contribution in [0.5, 0.6) is 0 Å². The molecule has 0 fully saturated rings. The molecule has 0 atom stereocenters. The van der Waals surface area contributed by atoms with Crippen LogP contribution in [0.15, 0.2) is 146 Å². The van der Waals surface area contributed by atoms with E-state index in [2.05, 4.69) is 137 Å². The van der Waals surface area contributed by atoms with Crippen LogP contribution in [0, 0.1) is 0 Å². The summed E-state index contributed by atoms with van der Waals surface area (Å²) in [5, 5.41) is 5.11. The first-order valence-corrected chi connectivity index (χ1v) is 14.2. The van der Waals surface area contributed by atoms with Crippen LogP contribution in [0.2, 0.25) is 0 Å². The van der Waals surface area contributed by atoms with Gasteiger partial charge in [0.15, 0.2) is 5.82 Å². The maximum atomic E-state index is 4.99. The van der Waals surface area contributed by atoms with Crippen LogP contribution in [0.3, 0.4) is 0 Å². The summed E-state index contributed by atoms with van der Waals surface area (Å²) in [7, 11) is 0. The maximum Gasteiger partial charge on any atom is 0.164 e. The average molecular weight is 537 g/mol. The van der Waals surface area contributed by atoms with Gasteiger partial charge >= 0.3 is 0 Å². The van der Waals surface area contributed by atoms with Crippen molar-refractivity contribution in [3.63, 3.8) is 0 Å². The first kappa shape index (κ1) is 23.0. The van der Waals surface area contributed by atoms with Crippen LogP contribution < -0.4 is 0 Å². The van der Waals surface area contributed by atoms with Crippen molar-refractivity contribution < 1.29 is 0 Å². The minimum Gasteiger partial charge on any atom is -0.309 e. The Morgan fingerprint density at radius 1 is 0.452 bits per heavy atom. The minimum atomic E-state index is 0.833. The Bertz CT molecular complexity index is 2380. The summed E-state index contributed by atoms with van der Waals surface area (Å²) in [6.07, 6.45) is 1.98. The molecular formula is C38H24N4. The highest BCUT2D eigenvalue weighted by Crippen LogP contribution is 2.41. The molecule has 6 aromatic carbocycles. The number of aromatic nitrogens is 4. The SMILES string of the molecule is c1ccc(-n2c(-c3ccc(-c4cc5ccc6cccc7c6c5c(c4)n7-c4ccccc4)cn3)nc3ccccc32)cc1. The van der Waals surface area contributed by atoms with Gasteiger partial charge in [-0.2, -0.15) is 0 Å². The molecule has 9 rings (SSSR count). The van der Waals surface area contributed by atoms with Crippen molar-refractivity contribution in [1.82, 2.24) is 19.1 Å². The van der Waals surface area contributed by atoms with Crippen molar-refractivity contribution >= 4 is 43.6 Å². The first-order chi connectivity index (χ1) is 20.8. The average Bonchev–Trinajstić information content (AvgIpc) is 3.61. The molecule has 0 aliphatic carbocycles. The summed E-state index contributed by atoms with van der Waals surface area (Å²) >= 11 is 0. The molecule has 0 unspecified atom stereocenters. The molecule has 196 valence electrons. The lowest BCUT2D eigenvalue weighted by molar-refractivity contribution is 1.08. The second kappa shape index (κ2) is 8.88. The van der Waals surface area contributed by atoms with Gasteiger partial charge < -0.3 is 4.57 Å². The van der Waals surface area contributed by atoms with Gasteiger partial charge in [-0.1, -0.05) is 78.9 Å². The summed E-state index contributed by atoms with van der Waals surface area (Å²) in [5.74, 6) is 0.833. The van der Waals surface area contributed by atoms with Crippen molar-refractivity contribution in [3.8, 4) is 34.0 Å². The molecular weight excluding hydrogens is 512 g/mol. The lowest BCUT2D eigenvalue weighted by Crippen LogP contribution is -1.98. The molecule has 3 heterocycles. The fraction of sp³-hybridized carbons (Fsp3) is 0. The van der Waals surface area contributed by atoms with Gasteiger partial charge in [-0.15, -0.1) is 0 Å². The molecule has 4 heteroatoms. The molecule has 0 aliphatic heterocycles. The number of pyridine rings is 1. The van der Waals surface area contributed by atoms with Crippen molar-refractivity contribution in [2.45, 2.75) is 0 Å². The number of imidazole rings is 1. The fourth-order valence-electron chi connectivity index (χ4n) is 6.45. The summed E-state index contributed by atoms with van der Waals surface area (Å²) in [6.45, 7) is 0. The second-order valence-electron chi connectivity index (χ2n) is 10.7. The molecule has 0 amide bonds. The molecule has 0 aliphatic rings. The van der Waals surface area contributed by atoms with Crippen LogP contribution in [0.1, 0.15) is 0 Å². The van der Waals surface area contributed by atoms with Gasteiger partial charge in [0, 0.05) is 33.9 Å². The molecule has 0 saturated carbocycles. The Morgan fingerprint density at radius 3 is 1.93 bits per heavy atom. The lowest BCUT2D eigenvalue weighted by Gasteiger charge is -2.11. The van der Waals surface area contributed by atoms with Gasteiger partial charge in [0.25, 0.3) is 0 Å². The van der Waals surface area contributed by atoms with Crippen molar-refractivity contribution in [2.24, 2.45) is 0 Å². The molecule has 4 nitrogen and oxygen atoms in total. The molecule has 0 spiro atoms.